The maximum Gasteiger partial charge on any atom is 0.303 e. The third-order valence-corrected chi connectivity index (χ3v) is 8.44. The fraction of sp³-hybridized carbons (Fsp3) is 0.235. The average Bonchev–Trinajstić information content (AvgIpc) is 3.34. The number of nitrogens with zero attached hydrogens (tertiary/aromatic N) is 2. The summed E-state index contributed by atoms with van der Waals surface area (Å²) in [6, 6.07) is 17.4. The first-order valence-electron chi connectivity index (χ1n) is 15.9. The van der Waals surface area contributed by atoms with E-state index in [-0.39, 0.29) is 52.1 Å². The molecule has 50 heavy (non-hydrogen) atoms. The Morgan fingerprint density at radius 3 is 1.82 bits per heavy atom. The zero-order chi connectivity index (χ0) is 35.6. The third kappa shape index (κ3) is 9.35. The van der Waals surface area contributed by atoms with E-state index in [0.717, 1.165) is 9.79 Å². The van der Waals surface area contributed by atoms with E-state index in [0.29, 0.717) is 67.8 Å². The van der Waals surface area contributed by atoms with Gasteiger partial charge in [-0.1, -0.05) is 0 Å². The number of hydrogen-bond acceptors (Lipinski definition) is 11. The molecule has 0 unspecified atom stereocenters. The summed E-state index contributed by atoms with van der Waals surface area (Å²) < 4.78 is 0. The molecule has 0 saturated heterocycles. The fourth-order valence-corrected chi connectivity index (χ4v) is 5.71. The summed E-state index contributed by atoms with van der Waals surface area (Å²) in [5.74, 6) is -0.260. The highest BCUT2D eigenvalue weighted by Crippen LogP contribution is 2.43. The number of benzene rings is 3. The normalized spacial score (nSPS) is 12.1. The van der Waals surface area contributed by atoms with Crippen LogP contribution >= 0.6 is 25.3 Å². The van der Waals surface area contributed by atoms with E-state index in [1.807, 2.05) is 0 Å². The van der Waals surface area contributed by atoms with Crippen molar-refractivity contribution < 1.29 is 19.4 Å². The van der Waals surface area contributed by atoms with Crippen LogP contribution in [0.15, 0.2) is 88.4 Å². The Labute approximate surface area is 298 Å². The van der Waals surface area contributed by atoms with Crippen molar-refractivity contribution in [2.45, 2.75) is 48.3 Å². The van der Waals surface area contributed by atoms with Gasteiger partial charge in [-0.25, -0.2) is 0 Å². The molecule has 6 N–H and O–H groups in total. The van der Waals surface area contributed by atoms with Gasteiger partial charge in [-0.2, -0.15) is 0 Å². The molecule has 0 saturated carbocycles. The van der Waals surface area contributed by atoms with Crippen LogP contribution in [0.2, 0.25) is 0 Å². The predicted molar refractivity (Wildman–Crippen MR) is 200 cm³/mol. The summed E-state index contributed by atoms with van der Waals surface area (Å²) in [5, 5.41) is 39.7. The van der Waals surface area contributed by atoms with Gasteiger partial charge < -0.3 is 31.6 Å². The maximum atomic E-state index is 12.4. The highest BCUT2D eigenvalue weighted by Gasteiger charge is 2.31. The van der Waals surface area contributed by atoms with Gasteiger partial charge in [-0.15, -0.1) is 25.3 Å². The van der Waals surface area contributed by atoms with Crippen molar-refractivity contribution in [3.05, 3.63) is 105 Å². The number of nitrogens with one attached hydrogen (secondary N) is 6. The number of unbranched alkanes of at least 4 members (excludes halogenated alkanes) is 2. The van der Waals surface area contributed by atoms with Crippen molar-refractivity contribution in [1.29, 1.82) is 0 Å². The minimum Gasteiger partial charge on any atom is -0.384 e. The van der Waals surface area contributed by atoms with E-state index in [9.17, 15) is 29.8 Å². The number of nitro benzene ring substituents is 1. The van der Waals surface area contributed by atoms with Crippen molar-refractivity contribution in [3.8, 4) is 0 Å². The third-order valence-electron chi connectivity index (χ3n) is 7.85. The van der Waals surface area contributed by atoms with E-state index in [1.54, 1.807) is 60.7 Å². The van der Waals surface area contributed by atoms with Gasteiger partial charge in [-0.3, -0.25) is 29.8 Å². The lowest BCUT2D eigenvalue weighted by molar-refractivity contribution is -0.382. The lowest BCUT2D eigenvalue weighted by Gasteiger charge is -2.10. The number of carbonyl (C=O) groups is 2. The quantitative estimate of drug-likeness (QED) is 0.0257. The van der Waals surface area contributed by atoms with Crippen LogP contribution in [0, 0.1) is 20.2 Å². The first-order chi connectivity index (χ1) is 24.1. The fourth-order valence-electron chi connectivity index (χ4n) is 5.41. The van der Waals surface area contributed by atoms with Crippen molar-refractivity contribution in [2.24, 2.45) is 0 Å². The van der Waals surface area contributed by atoms with Crippen LogP contribution in [-0.2, 0) is 9.59 Å². The molecule has 2 amide bonds. The number of rotatable bonds is 16. The van der Waals surface area contributed by atoms with Gasteiger partial charge in [0.25, 0.3) is 5.70 Å². The number of fused-ring (bicyclic) bond motifs is 3. The number of allylic oxidation sites excluding steroid dienone is 1. The zero-order valence-electron chi connectivity index (χ0n) is 26.8. The number of nitro groups is 2. The molecule has 0 atom stereocenters. The number of H-pyrrole nitrogens is 1. The lowest BCUT2D eigenvalue weighted by atomic mass is 10.1. The molecule has 4 aromatic rings. The number of carbonyl (C=O) groups excluding carboxylic acids is 2. The number of aromatic amines is 1. The highest BCUT2D eigenvalue weighted by molar-refractivity contribution is 7.80. The summed E-state index contributed by atoms with van der Waals surface area (Å²) in [6.07, 6.45) is 5.80. The Balaban J connectivity index is 1.19. The molecule has 5 rings (SSSR count). The Hall–Kier alpha value is -5.48. The first kappa shape index (κ1) is 35.8. The molecule has 16 heteroatoms. The van der Waals surface area contributed by atoms with Gasteiger partial charge in [0.2, 0.25) is 11.8 Å². The number of hydrogen-bond donors (Lipinski definition) is 8. The second kappa shape index (κ2) is 16.8. The van der Waals surface area contributed by atoms with Gasteiger partial charge in [0.15, 0.2) is 0 Å². The molecule has 1 aliphatic heterocycles. The topological polar surface area (TPSA) is 196 Å². The summed E-state index contributed by atoms with van der Waals surface area (Å²) in [6.45, 7) is 0.803. The molecular weight excluding hydrogens is 681 g/mol. The SMILES string of the molecule is O=C(CCCCNC1=CNc2c([nH]c3ccc(NCCCCC(=O)Nc4ccc(S)cc4)c([N+](=O)[O-])c23)C([N+](=O)[O-])=C1)Nc1ccc(S)cc1. The van der Waals surface area contributed by atoms with E-state index >= 15 is 0 Å². The summed E-state index contributed by atoms with van der Waals surface area (Å²) >= 11 is 8.47. The minimum atomic E-state index is -0.544. The molecule has 3 aromatic carbocycles. The van der Waals surface area contributed by atoms with E-state index in [1.165, 1.54) is 12.3 Å². The van der Waals surface area contributed by atoms with Crippen molar-refractivity contribution in [3.63, 3.8) is 0 Å². The Morgan fingerprint density at radius 1 is 0.720 bits per heavy atom. The van der Waals surface area contributed by atoms with E-state index < -0.39 is 9.85 Å². The largest absolute Gasteiger partial charge is 0.384 e. The lowest BCUT2D eigenvalue weighted by Crippen LogP contribution is -2.16. The Morgan fingerprint density at radius 2 is 1.28 bits per heavy atom. The molecule has 0 aliphatic carbocycles. The van der Waals surface area contributed by atoms with Crippen molar-refractivity contribution in [1.82, 2.24) is 10.3 Å². The number of amides is 2. The minimum absolute atomic E-state index is 0.107. The van der Waals surface area contributed by atoms with Crippen LogP contribution in [0.4, 0.5) is 28.4 Å². The van der Waals surface area contributed by atoms with Gasteiger partial charge in [-0.05, 0) is 86.3 Å². The van der Waals surface area contributed by atoms with Gasteiger partial charge in [0.1, 0.15) is 16.8 Å². The van der Waals surface area contributed by atoms with Crippen LogP contribution < -0.4 is 26.6 Å². The smallest absolute Gasteiger partial charge is 0.303 e. The summed E-state index contributed by atoms with van der Waals surface area (Å²) in [4.78, 5) is 52.7. The number of aromatic nitrogens is 1. The number of anilines is 4. The van der Waals surface area contributed by atoms with Crippen molar-refractivity contribution in [2.75, 3.05) is 34.4 Å². The zero-order valence-corrected chi connectivity index (χ0v) is 28.6. The van der Waals surface area contributed by atoms with Crippen LogP contribution in [-0.4, -0.2) is 39.7 Å². The molecule has 0 spiro atoms. The van der Waals surface area contributed by atoms with Crippen molar-refractivity contribution >= 4 is 82.1 Å². The molecule has 1 aliphatic rings. The number of thiol groups is 2. The highest BCUT2D eigenvalue weighted by atomic mass is 32.1. The van der Waals surface area contributed by atoms with Crippen LogP contribution in [0.1, 0.15) is 44.2 Å². The second-order valence-corrected chi connectivity index (χ2v) is 12.5. The first-order valence-corrected chi connectivity index (χ1v) is 16.8. The Kier molecular flexibility index (Phi) is 12.0. The molecule has 2 heterocycles. The predicted octanol–water partition coefficient (Wildman–Crippen LogP) is 7.16. The van der Waals surface area contributed by atoms with Gasteiger partial charge in [0.05, 0.1) is 26.7 Å². The monoisotopic (exact) mass is 716 g/mol. The van der Waals surface area contributed by atoms with E-state index in [4.69, 9.17) is 0 Å². The molecule has 260 valence electrons. The molecule has 14 nitrogen and oxygen atoms in total. The van der Waals surface area contributed by atoms with Crippen LogP contribution in [0.5, 0.6) is 0 Å². The molecule has 0 bridgehead atoms. The molecular formula is C34H36N8O6S2. The Bertz CT molecular complexity index is 1960. The maximum absolute atomic E-state index is 12.4. The second-order valence-electron chi connectivity index (χ2n) is 11.5. The molecule has 0 fully saturated rings. The summed E-state index contributed by atoms with van der Waals surface area (Å²) in [7, 11) is 0. The van der Waals surface area contributed by atoms with Crippen LogP contribution in [0.25, 0.3) is 16.6 Å². The van der Waals surface area contributed by atoms with Gasteiger partial charge >= 0.3 is 5.69 Å². The summed E-state index contributed by atoms with van der Waals surface area (Å²) in [5.41, 5.74) is 2.20. The average molecular weight is 717 g/mol. The molecule has 1 aromatic heterocycles. The van der Waals surface area contributed by atoms with Gasteiger partial charge in [0, 0.05) is 59.4 Å². The van der Waals surface area contributed by atoms with Crippen LogP contribution in [0.3, 0.4) is 0 Å². The van der Waals surface area contributed by atoms with E-state index in [2.05, 4.69) is 56.8 Å². The molecule has 0 radical (unpaired) electrons. The standard InChI is InChI=1S/C34H36N8O6S2/c43-29(38-21-7-11-24(49)12-8-21)5-1-3-17-35-23-19-28(41(45)46)32-33(37-20-23)31-26(40-32)15-16-27(34(31)42(47)48)36-18-4-2-6-30(44)39-22-9-13-25(50)14-10-22/h7-16,19-20,35-37,40,49-50H,1-6,17-18H2,(H,38,43)(H,39,44).